The minimum absolute atomic E-state index is 0.417. The van der Waals surface area contributed by atoms with Crippen molar-refractivity contribution in [2.75, 3.05) is 20.1 Å². The monoisotopic (exact) mass is 326 g/mol. The molecule has 1 rings (SSSR count). The van der Waals surface area contributed by atoms with Gasteiger partial charge in [-0.05, 0) is 71.4 Å². The smallest absolute Gasteiger partial charge is 0.0292 e. The van der Waals surface area contributed by atoms with Crippen molar-refractivity contribution >= 4 is 15.9 Å². The first kappa shape index (κ1) is 16.7. The second-order valence-corrected chi connectivity index (χ2v) is 6.43. The van der Waals surface area contributed by atoms with E-state index in [4.69, 9.17) is 0 Å². The Morgan fingerprint density at radius 2 is 1.95 bits per heavy atom. The van der Waals surface area contributed by atoms with E-state index in [-0.39, 0.29) is 0 Å². The summed E-state index contributed by atoms with van der Waals surface area (Å²) in [4.78, 5) is 2.40. The maximum atomic E-state index is 3.59. The van der Waals surface area contributed by atoms with E-state index in [0.717, 1.165) is 11.0 Å². The molecule has 1 aromatic rings. The van der Waals surface area contributed by atoms with Crippen LogP contribution in [0.2, 0.25) is 0 Å². The van der Waals surface area contributed by atoms with Crippen LogP contribution in [0.1, 0.15) is 45.2 Å². The van der Waals surface area contributed by atoms with Crippen molar-refractivity contribution in [2.45, 2.75) is 45.7 Å². The van der Waals surface area contributed by atoms with Gasteiger partial charge in [-0.1, -0.05) is 28.1 Å². The highest BCUT2D eigenvalue weighted by atomic mass is 79.9. The molecule has 0 amide bonds. The third kappa shape index (κ3) is 6.55. The van der Waals surface area contributed by atoms with Gasteiger partial charge in [0.2, 0.25) is 0 Å². The van der Waals surface area contributed by atoms with Crippen molar-refractivity contribution < 1.29 is 0 Å². The number of halogens is 1. The van der Waals surface area contributed by atoms with Crippen molar-refractivity contribution in [2.24, 2.45) is 0 Å². The van der Waals surface area contributed by atoms with E-state index in [1.165, 1.54) is 24.9 Å². The number of rotatable bonds is 8. The topological polar surface area (TPSA) is 15.3 Å². The Labute approximate surface area is 126 Å². The van der Waals surface area contributed by atoms with Gasteiger partial charge in [0, 0.05) is 16.6 Å². The van der Waals surface area contributed by atoms with Crippen LogP contribution >= 0.6 is 15.9 Å². The van der Waals surface area contributed by atoms with Crippen molar-refractivity contribution in [3.8, 4) is 0 Å². The van der Waals surface area contributed by atoms with E-state index in [9.17, 15) is 0 Å². The highest BCUT2D eigenvalue weighted by molar-refractivity contribution is 9.10. The number of hydrogen-bond donors (Lipinski definition) is 1. The Morgan fingerprint density at radius 3 is 2.58 bits per heavy atom. The molecular weight excluding hydrogens is 300 g/mol. The minimum atomic E-state index is 0.417. The van der Waals surface area contributed by atoms with Gasteiger partial charge in [0.15, 0.2) is 0 Å². The molecule has 1 N–H and O–H groups in total. The van der Waals surface area contributed by atoms with Crippen LogP contribution < -0.4 is 5.32 Å². The van der Waals surface area contributed by atoms with Crippen LogP contribution in [-0.4, -0.2) is 31.1 Å². The Hall–Kier alpha value is -0.380. The summed E-state index contributed by atoms with van der Waals surface area (Å²) in [5.74, 6) is 0. The van der Waals surface area contributed by atoms with E-state index in [0.29, 0.717) is 12.1 Å². The van der Waals surface area contributed by atoms with Gasteiger partial charge in [0.05, 0.1) is 0 Å². The fourth-order valence-corrected chi connectivity index (χ4v) is 2.37. The molecule has 0 saturated carbocycles. The fraction of sp³-hybridized carbons (Fsp3) is 0.625. The molecule has 0 aromatic heterocycles. The van der Waals surface area contributed by atoms with E-state index in [1.54, 1.807) is 0 Å². The van der Waals surface area contributed by atoms with E-state index >= 15 is 0 Å². The number of nitrogens with one attached hydrogen (secondary N) is 1. The lowest BCUT2D eigenvalue weighted by molar-refractivity contribution is 0.267. The standard InChI is InChI=1S/C16H27BrN2/c1-13(2)19(4)11-6-5-10-18-14(3)15-8-7-9-16(17)12-15/h7-9,12-14,18H,5-6,10-11H2,1-4H3. The summed E-state index contributed by atoms with van der Waals surface area (Å²) >= 11 is 3.52. The maximum absolute atomic E-state index is 3.59. The quantitative estimate of drug-likeness (QED) is 0.719. The molecule has 19 heavy (non-hydrogen) atoms. The molecule has 1 aromatic carbocycles. The second kappa shape index (κ2) is 8.72. The summed E-state index contributed by atoms with van der Waals surface area (Å²) in [5, 5.41) is 3.59. The van der Waals surface area contributed by atoms with Gasteiger partial charge >= 0.3 is 0 Å². The number of benzene rings is 1. The molecular formula is C16H27BrN2. The largest absolute Gasteiger partial charge is 0.310 e. The first-order valence-corrected chi connectivity index (χ1v) is 7.99. The van der Waals surface area contributed by atoms with Gasteiger partial charge in [-0.2, -0.15) is 0 Å². The lowest BCUT2D eigenvalue weighted by Crippen LogP contribution is -2.28. The van der Waals surface area contributed by atoms with Gasteiger partial charge < -0.3 is 10.2 Å². The molecule has 0 spiro atoms. The highest BCUT2D eigenvalue weighted by Gasteiger charge is 2.05. The lowest BCUT2D eigenvalue weighted by atomic mass is 10.1. The van der Waals surface area contributed by atoms with Crippen LogP contribution in [0, 0.1) is 0 Å². The molecule has 0 radical (unpaired) electrons. The van der Waals surface area contributed by atoms with E-state index in [1.807, 2.05) is 0 Å². The predicted molar refractivity (Wildman–Crippen MR) is 87.6 cm³/mol. The zero-order valence-electron chi connectivity index (χ0n) is 12.6. The molecule has 1 atom stereocenters. The Bertz CT molecular complexity index is 366. The average Bonchev–Trinajstić information content (AvgIpc) is 2.37. The van der Waals surface area contributed by atoms with Gasteiger partial charge in [0.1, 0.15) is 0 Å². The van der Waals surface area contributed by atoms with Crippen LogP contribution in [0.4, 0.5) is 0 Å². The lowest BCUT2D eigenvalue weighted by Gasteiger charge is -2.21. The van der Waals surface area contributed by atoms with Crippen molar-refractivity contribution in [1.29, 1.82) is 0 Å². The predicted octanol–water partition coefficient (Wildman–Crippen LogP) is 4.22. The molecule has 0 saturated heterocycles. The fourth-order valence-electron chi connectivity index (χ4n) is 1.96. The van der Waals surface area contributed by atoms with Crippen molar-refractivity contribution in [3.63, 3.8) is 0 Å². The first-order chi connectivity index (χ1) is 9.00. The van der Waals surface area contributed by atoms with Crippen LogP contribution in [0.15, 0.2) is 28.7 Å². The van der Waals surface area contributed by atoms with Gasteiger partial charge in [-0.3, -0.25) is 0 Å². The zero-order valence-corrected chi connectivity index (χ0v) is 14.2. The highest BCUT2D eigenvalue weighted by Crippen LogP contribution is 2.17. The molecule has 0 bridgehead atoms. The van der Waals surface area contributed by atoms with E-state index < -0.39 is 0 Å². The van der Waals surface area contributed by atoms with Crippen LogP contribution in [0.3, 0.4) is 0 Å². The van der Waals surface area contributed by atoms with Crippen LogP contribution in [0.25, 0.3) is 0 Å². The molecule has 0 aliphatic rings. The Kier molecular flexibility index (Phi) is 7.66. The zero-order chi connectivity index (χ0) is 14.3. The summed E-state index contributed by atoms with van der Waals surface area (Å²) in [6.45, 7) is 8.98. The number of unbranched alkanes of at least 4 members (excludes halogenated alkanes) is 1. The summed E-state index contributed by atoms with van der Waals surface area (Å²) in [7, 11) is 2.20. The van der Waals surface area contributed by atoms with Crippen molar-refractivity contribution in [1.82, 2.24) is 10.2 Å². The minimum Gasteiger partial charge on any atom is -0.310 e. The average molecular weight is 327 g/mol. The number of nitrogens with zero attached hydrogens (tertiary/aromatic N) is 1. The van der Waals surface area contributed by atoms with Crippen LogP contribution in [-0.2, 0) is 0 Å². The Balaban J connectivity index is 2.19. The molecule has 0 aliphatic carbocycles. The normalized spacial score (nSPS) is 13.2. The van der Waals surface area contributed by atoms with Crippen LogP contribution in [0.5, 0.6) is 0 Å². The molecule has 0 heterocycles. The molecule has 108 valence electrons. The maximum Gasteiger partial charge on any atom is 0.0292 e. The molecule has 1 unspecified atom stereocenters. The summed E-state index contributed by atoms with van der Waals surface area (Å²) in [6, 6.07) is 9.58. The summed E-state index contributed by atoms with van der Waals surface area (Å²) in [6.07, 6.45) is 2.49. The molecule has 0 aliphatic heterocycles. The van der Waals surface area contributed by atoms with Gasteiger partial charge in [-0.15, -0.1) is 0 Å². The van der Waals surface area contributed by atoms with Gasteiger partial charge in [-0.25, -0.2) is 0 Å². The summed E-state index contributed by atoms with van der Waals surface area (Å²) < 4.78 is 1.15. The summed E-state index contributed by atoms with van der Waals surface area (Å²) in [5.41, 5.74) is 1.34. The molecule has 2 nitrogen and oxygen atoms in total. The number of hydrogen-bond acceptors (Lipinski definition) is 2. The molecule has 3 heteroatoms. The SMILES string of the molecule is CC(NCCCCN(C)C(C)C)c1cccc(Br)c1. The van der Waals surface area contributed by atoms with Crippen molar-refractivity contribution in [3.05, 3.63) is 34.3 Å². The Morgan fingerprint density at radius 1 is 1.21 bits per heavy atom. The second-order valence-electron chi connectivity index (χ2n) is 5.51. The first-order valence-electron chi connectivity index (χ1n) is 7.19. The third-order valence-corrected chi connectivity index (χ3v) is 4.11. The molecule has 0 fully saturated rings. The van der Waals surface area contributed by atoms with Gasteiger partial charge in [0.25, 0.3) is 0 Å². The third-order valence-electron chi connectivity index (χ3n) is 3.62. The van der Waals surface area contributed by atoms with E-state index in [2.05, 4.69) is 78.2 Å².